The first-order chi connectivity index (χ1) is 19.2. The Morgan fingerprint density at radius 3 is 1.93 bits per heavy atom. The summed E-state index contributed by atoms with van der Waals surface area (Å²) in [7, 11) is 0. The summed E-state index contributed by atoms with van der Waals surface area (Å²) in [4.78, 5) is 54.4. The van der Waals surface area contributed by atoms with Crippen LogP contribution in [0.1, 0.15) is 57.1 Å². The highest BCUT2D eigenvalue weighted by Crippen LogP contribution is 2.58. The summed E-state index contributed by atoms with van der Waals surface area (Å²) in [6.07, 6.45) is 4.40. The standard InChI is InChI=1S/C28H27N3O9/c1-3-38-26(32)23-24(27(33)39-4-2)28(40-25(23)29-16-8-6-5-7-9-16)21-14-17(30(34)35)10-12-19(21)20-13-11-18(31(36)37)15-22(20)28/h10-16H,3-9H2,1-2H3. The van der Waals surface area contributed by atoms with Crippen molar-refractivity contribution >= 4 is 29.2 Å². The fourth-order valence-electron chi connectivity index (χ4n) is 5.71. The average Bonchev–Trinajstić information content (AvgIpc) is 3.42. The molecular weight excluding hydrogens is 522 g/mol. The number of benzene rings is 2. The summed E-state index contributed by atoms with van der Waals surface area (Å²) < 4.78 is 17.2. The van der Waals surface area contributed by atoms with E-state index in [1.54, 1.807) is 13.8 Å². The van der Waals surface area contributed by atoms with E-state index in [0.29, 0.717) is 11.1 Å². The van der Waals surface area contributed by atoms with Crippen LogP contribution in [0, 0.1) is 20.2 Å². The molecule has 3 aliphatic rings. The van der Waals surface area contributed by atoms with E-state index in [2.05, 4.69) is 0 Å². The molecule has 1 spiro atoms. The number of ether oxygens (including phenoxy) is 3. The number of nitrogens with zero attached hydrogens (tertiary/aromatic N) is 3. The lowest BCUT2D eigenvalue weighted by atomic mass is 9.82. The maximum atomic E-state index is 13.7. The Bertz CT molecular complexity index is 1420. The number of aliphatic imine (C=N–C) groups is 1. The Balaban J connectivity index is 1.88. The number of non-ortho nitro benzene ring substituents is 2. The zero-order chi connectivity index (χ0) is 28.6. The van der Waals surface area contributed by atoms with Crippen LogP contribution in [-0.2, 0) is 29.4 Å². The van der Waals surface area contributed by atoms with Gasteiger partial charge >= 0.3 is 11.9 Å². The van der Waals surface area contributed by atoms with Crippen LogP contribution >= 0.6 is 0 Å². The SMILES string of the molecule is CCOC(=O)C1=C(C(=O)OCC)C2(OC1=NC1CCCCC1)c1cc([N+](=O)[O-])ccc1-c1ccc([N+](=O)[O-])cc12. The molecule has 1 fully saturated rings. The fraction of sp³-hybridized carbons (Fsp3) is 0.393. The summed E-state index contributed by atoms with van der Waals surface area (Å²) in [6, 6.07) is 7.92. The van der Waals surface area contributed by atoms with Crippen LogP contribution in [-0.4, -0.2) is 46.9 Å². The van der Waals surface area contributed by atoms with Gasteiger partial charge in [-0.25, -0.2) is 14.6 Å². The average molecular weight is 550 g/mol. The Morgan fingerprint density at radius 1 is 0.900 bits per heavy atom. The van der Waals surface area contributed by atoms with E-state index < -0.39 is 27.4 Å². The Morgan fingerprint density at radius 2 is 1.43 bits per heavy atom. The van der Waals surface area contributed by atoms with Crippen LogP contribution in [0.2, 0.25) is 0 Å². The van der Waals surface area contributed by atoms with Crippen molar-refractivity contribution in [2.45, 2.75) is 57.6 Å². The lowest BCUT2D eigenvalue weighted by molar-refractivity contribution is -0.385. The number of hydrogen-bond acceptors (Lipinski definition) is 10. The van der Waals surface area contributed by atoms with E-state index >= 15 is 0 Å². The Labute approximate surface area is 228 Å². The quantitative estimate of drug-likeness (QED) is 0.265. The number of fused-ring (bicyclic) bond motifs is 5. The molecule has 0 amide bonds. The van der Waals surface area contributed by atoms with Crippen molar-refractivity contribution in [3.05, 3.63) is 78.9 Å². The molecule has 12 nitrogen and oxygen atoms in total. The first-order valence-corrected chi connectivity index (χ1v) is 13.2. The molecule has 1 saturated carbocycles. The molecule has 0 atom stereocenters. The van der Waals surface area contributed by atoms with Gasteiger partial charge < -0.3 is 14.2 Å². The summed E-state index contributed by atoms with van der Waals surface area (Å²) in [5, 5.41) is 23.6. The van der Waals surface area contributed by atoms with Crippen LogP contribution in [0.5, 0.6) is 0 Å². The summed E-state index contributed by atoms with van der Waals surface area (Å²) in [6.45, 7) is 3.15. The number of carbonyl (C=O) groups excluding carboxylic acids is 2. The minimum atomic E-state index is -1.97. The van der Waals surface area contributed by atoms with Crippen molar-refractivity contribution in [2.75, 3.05) is 13.2 Å². The molecule has 40 heavy (non-hydrogen) atoms. The van der Waals surface area contributed by atoms with E-state index in [1.165, 1.54) is 36.4 Å². The van der Waals surface area contributed by atoms with Crippen molar-refractivity contribution in [1.82, 2.24) is 0 Å². The van der Waals surface area contributed by atoms with Gasteiger partial charge in [0.05, 0.1) is 29.1 Å². The zero-order valence-corrected chi connectivity index (χ0v) is 22.0. The summed E-state index contributed by atoms with van der Waals surface area (Å²) in [5.74, 6) is -1.94. The third-order valence-corrected chi connectivity index (χ3v) is 7.38. The van der Waals surface area contributed by atoms with E-state index in [9.17, 15) is 29.8 Å². The van der Waals surface area contributed by atoms with E-state index in [1.807, 2.05) is 0 Å². The zero-order valence-electron chi connectivity index (χ0n) is 22.0. The summed E-state index contributed by atoms with van der Waals surface area (Å²) in [5.41, 5.74) is -1.80. The molecule has 2 aromatic rings. The third-order valence-electron chi connectivity index (χ3n) is 7.38. The molecular formula is C28H27N3O9. The largest absolute Gasteiger partial charge is 0.462 e. The van der Waals surface area contributed by atoms with Gasteiger partial charge in [0.2, 0.25) is 5.90 Å². The highest BCUT2D eigenvalue weighted by Gasteiger charge is 2.60. The van der Waals surface area contributed by atoms with Gasteiger partial charge in [0.1, 0.15) is 11.1 Å². The maximum Gasteiger partial charge on any atom is 0.344 e. The lowest BCUT2D eigenvalue weighted by Gasteiger charge is -2.28. The molecule has 1 aliphatic heterocycles. The van der Waals surface area contributed by atoms with Gasteiger partial charge in [0.15, 0.2) is 5.60 Å². The van der Waals surface area contributed by atoms with Crippen molar-refractivity contribution < 1.29 is 33.6 Å². The van der Waals surface area contributed by atoms with Crippen molar-refractivity contribution in [2.24, 2.45) is 4.99 Å². The van der Waals surface area contributed by atoms with Crippen molar-refractivity contribution in [3.63, 3.8) is 0 Å². The molecule has 0 bridgehead atoms. The number of nitro groups is 2. The summed E-state index contributed by atoms with van der Waals surface area (Å²) >= 11 is 0. The van der Waals surface area contributed by atoms with E-state index in [0.717, 1.165) is 32.1 Å². The van der Waals surface area contributed by atoms with Crippen LogP contribution in [0.15, 0.2) is 52.5 Å². The predicted octanol–water partition coefficient (Wildman–Crippen LogP) is 4.91. The molecule has 0 N–H and O–H groups in total. The normalized spacial score (nSPS) is 18.3. The first-order valence-electron chi connectivity index (χ1n) is 13.2. The molecule has 208 valence electrons. The molecule has 0 unspecified atom stereocenters. The second kappa shape index (κ2) is 10.5. The van der Waals surface area contributed by atoms with Gasteiger partial charge in [-0.05, 0) is 49.9 Å². The number of rotatable bonds is 7. The number of hydrogen-bond donors (Lipinski definition) is 0. The molecule has 5 rings (SSSR count). The van der Waals surface area contributed by atoms with E-state index in [4.69, 9.17) is 19.2 Å². The number of carbonyl (C=O) groups is 2. The number of nitro benzene ring substituents is 2. The van der Waals surface area contributed by atoms with Gasteiger partial charge in [0, 0.05) is 35.4 Å². The monoisotopic (exact) mass is 549 g/mol. The van der Waals surface area contributed by atoms with Crippen LogP contribution in [0.4, 0.5) is 11.4 Å². The maximum absolute atomic E-state index is 13.7. The fourth-order valence-corrected chi connectivity index (χ4v) is 5.71. The second-order valence-electron chi connectivity index (χ2n) is 9.67. The Kier molecular flexibility index (Phi) is 7.09. The van der Waals surface area contributed by atoms with Crippen LogP contribution < -0.4 is 0 Å². The highest BCUT2D eigenvalue weighted by molar-refractivity contribution is 6.24. The molecule has 0 saturated heterocycles. The molecule has 0 aromatic heterocycles. The minimum Gasteiger partial charge on any atom is -0.462 e. The highest BCUT2D eigenvalue weighted by atomic mass is 16.6. The third kappa shape index (κ3) is 4.29. The van der Waals surface area contributed by atoms with Gasteiger partial charge in [-0.2, -0.15) is 0 Å². The van der Waals surface area contributed by atoms with Crippen LogP contribution in [0.3, 0.4) is 0 Å². The van der Waals surface area contributed by atoms with Gasteiger partial charge in [-0.15, -0.1) is 0 Å². The second-order valence-corrected chi connectivity index (χ2v) is 9.67. The van der Waals surface area contributed by atoms with Crippen molar-refractivity contribution in [1.29, 1.82) is 0 Å². The number of esters is 2. The molecule has 1 heterocycles. The van der Waals surface area contributed by atoms with Crippen molar-refractivity contribution in [3.8, 4) is 11.1 Å². The van der Waals surface area contributed by atoms with Gasteiger partial charge in [-0.1, -0.05) is 19.3 Å². The molecule has 0 radical (unpaired) electrons. The smallest absolute Gasteiger partial charge is 0.344 e. The Hall–Kier alpha value is -4.61. The lowest BCUT2D eigenvalue weighted by Crippen LogP contribution is -2.33. The first kappa shape index (κ1) is 27.0. The topological polar surface area (TPSA) is 160 Å². The van der Waals surface area contributed by atoms with Crippen LogP contribution in [0.25, 0.3) is 11.1 Å². The van der Waals surface area contributed by atoms with Gasteiger partial charge in [0.25, 0.3) is 11.4 Å². The predicted molar refractivity (Wildman–Crippen MR) is 142 cm³/mol. The molecule has 2 aliphatic carbocycles. The minimum absolute atomic E-state index is 0.00767. The molecule has 12 heteroatoms. The van der Waals surface area contributed by atoms with Gasteiger partial charge in [-0.3, -0.25) is 20.2 Å². The van der Waals surface area contributed by atoms with E-state index in [-0.39, 0.29) is 58.8 Å². The molecule has 2 aromatic carbocycles.